The van der Waals surface area contributed by atoms with Gasteiger partial charge in [-0.3, -0.25) is 4.79 Å². The first kappa shape index (κ1) is 16.3. The number of carbonyl (C=O) groups is 1. The summed E-state index contributed by atoms with van der Waals surface area (Å²) in [5.74, 6) is -0.926. The van der Waals surface area contributed by atoms with Crippen LogP contribution in [-0.2, 0) is 11.2 Å². The zero-order valence-electron chi connectivity index (χ0n) is 14.4. The largest absolute Gasteiger partial charge is 0.481 e. The summed E-state index contributed by atoms with van der Waals surface area (Å²) in [6, 6.07) is 12.5. The van der Waals surface area contributed by atoms with Crippen molar-refractivity contribution in [2.24, 2.45) is 0 Å². The fraction of sp³-hybridized carbons (Fsp3) is 0.286. The summed E-state index contributed by atoms with van der Waals surface area (Å²) in [6.07, 6.45) is 3.02. The Morgan fingerprint density at radius 1 is 1.17 bits per heavy atom. The van der Waals surface area contributed by atoms with Crippen LogP contribution in [0.1, 0.15) is 47.1 Å². The molecule has 0 amide bonds. The topological polar surface area (TPSA) is 53.1 Å². The van der Waals surface area contributed by atoms with Gasteiger partial charge in [0.2, 0.25) is 0 Å². The molecule has 3 rings (SSSR count). The van der Waals surface area contributed by atoms with Gasteiger partial charge in [0.15, 0.2) is 0 Å². The van der Waals surface area contributed by atoms with Crippen molar-refractivity contribution in [3.8, 4) is 0 Å². The quantitative estimate of drug-likeness (QED) is 0.698. The Bertz CT molecular complexity index is 892. The molecule has 1 heterocycles. The van der Waals surface area contributed by atoms with Crippen molar-refractivity contribution >= 4 is 16.9 Å². The second-order valence-corrected chi connectivity index (χ2v) is 6.45. The normalized spacial score (nSPS) is 12.5. The van der Waals surface area contributed by atoms with Crippen LogP contribution in [0.15, 0.2) is 42.6 Å². The highest BCUT2D eigenvalue weighted by atomic mass is 16.4. The number of rotatable bonds is 5. The lowest BCUT2D eigenvalue weighted by atomic mass is 9.85. The number of carboxylic acids is 1. The van der Waals surface area contributed by atoms with Crippen LogP contribution in [0.5, 0.6) is 0 Å². The molecular weight excluding hydrogens is 298 g/mol. The van der Waals surface area contributed by atoms with Gasteiger partial charge in [-0.15, -0.1) is 0 Å². The number of aromatic nitrogens is 1. The molecule has 0 unspecified atom stereocenters. The fourth-order valence-electron chi connectivity index (χ4n) is 3.60. The average Bonchev–Trinajstić information content (AvgIpc) is 2.96. The number of fused-ring (bicyclic) bond motifs is 1. The smallest absolute Gasteiger partial charge is 0.304 e. The minimum absolute atomic E-state index is 0.0905. The predicted molar refractivity (Wildman–Crippen MR) is 97.7 cm³/mol. The van der Waals surface area contributed by atoms with Crippen molar-refractivity contribution < 1.29 is 9.90 Å². The van der Waals surface area contributed by atoms with E-state index >= 15 is 0 Å². The Labute approximate surface area is 142 Å². The number of aliphatic carboxylic acids is 1. The van der Waals surface area contributed by atoms with E-state index in [0.717, 1.165) is 34.0 Å². The van der Waals surface area contributed by atoms with Gasteiger partial charge in [0.05, 0.1) is 6.42 Å². The maximum absolute atomic E-state index is 11.5. The van der Waals surface area contributed by atoms with Gasteiger partial charge in [-0.05, 0) is 42.5 Å². The van der Waals surface area contributed by atoms with E-state index in [2.05, 4.69) is 62.2 Å². The van der Waals surface area contributed by atoms with Crippen molar-refractivity contribution in [1.29, 1.82) is 0 Å². The van der Waals surface area contributed by atoms with E-state index in [1.54, 1.807) is 0 Å². The van der Waals surface area contributed by atoms with Gasteiger partial charge >= 0.3 is 5.97 Å². The molecule has 2 N–H and O–H groups in total. The van der Waals surface area contributed by atoms with Gasteiger partial charge in [-0.2, -0.15) is 0 Å². The molecule has 0 spiro atoms. The number of benzene rings is 2. The van der Waals surface area contributed by atoms with Gasteiger partial charge < -0.3 is 10.1 Å². The van der Waals surface area contributed by atoms with Gasteiger partial charge in [0.25, 0.3) is 0 Å². The Morgan fingerprint density at radius 2 is 1.96 bits per heavy atom. The number of hydrogen-bond donors (Lipinski definition) is 2. The molecule has 3 nitrogen and oxygen atoms in total. The van der Waals surface area contributed by atoms with Gasteiger partial charge in [0, 0.05) is 23.0 Å². The van der Waals surface area contributed by atoms with Gasteiger partial charge in [-0.1, -0.05) is 48.9 Å². The molecule has 0 aliphatic carbocycles. The van der Waals surface area contributed by atoms with E-state index < -0.39 is 5.97 Å². The molecule has 3 heteroatoms. The molecular formula is C21H23NO2. The van der Waals surface area contributed by atoms with E-state index in [4.69, 9.17) is 0 Å². The van der Waals surface area contributed by atoms with Crippen LogP contribution in [-0.4, -0.2) is 16.1 Å². The predicted octanol–water partition coefficient (Wildman–Crippen LogP) is 4.95. The summed E-state index contributed by atoms with van der Waals surface area (Å²) in [6.45, 7) is 6.25. The molecule has 0 radical (unpaired) electrons. The zero-order chi connectivity index (χ0) is 17.3. The third-order valence-corrected chi connectivity index (χ3v) is 4.77. The van der Waals surface area contributed by atoms with E-state index in [9.17, 15) is 9.90 Å². The van der Waals surface area contributed by atoms with E-state index in [1.807, 2.05) is 6.20 Å². The molecule has 1 atom stereocenters. The van der Waals surface area contributed by atoms with Crippen molar-refractivity contribution in [3.05, 3.63) is 70.4 Å². The van der Waals surface area contributed by atoms with Crippen LogP contribution >= 0.6 is 0 Å². The summed E-state index contributed by atoms with van der Waals surface area (Å²) in [7, 11) is 0. The molecule has 124 valence electrons. The molecule has 0 saturated heterocycles. The highest BCUT2D eigenvalue weighted by molar-refractivity contribution is 5.87. The van der Waals surface area contributed by atoms with Crippen molar-refractivity contribution in [2.45, 2.75) is 39.5 Å². The van der Waals surface area contributed by atoms with Crippen molar-refractivity contribution in [1.82, 2.24) is 4.98 Å². The van der Waals surface area contributed by atoms with Crippen LogP contribution in [0.4, 0.5) is 0 Å². The average molecular weight is 321 g/mol. The standard InChI is InChI=1S/C21H23NO2/c1-4-15-6-5-7-17-19(12-22-21(15)17)18(11-20(23)24)16-9-8-13(2)10-14(16)3/h5-10,12,18,22H,4,11H2,1-3H3,(H,23,24)/t18-/m0/s1. The molecule has 3 aromatic rings. The third-order valence-electron chi connectivity index (χ3n) is 4.77. The SMILES string of the molecule is CCc1cccc2c([C@@H](CC(=O)O)c3ccc(C)cc3C)c[nH]c12. The fourth-order valence-corrected chi connectivity index (χ4v) is 3.60. The van der Waals surface area contributed by atoms with E-state index in [1.165, 1.54) is 11.1 Å². The zero-order valence-corrected chi connectivity index (χ0v) is 14.4. The summed E-state index contributed by atoms with van der Waals surface area (Å²) in [5.41, 5.74) is 6.86. The maximum Gasteiger partial charge on any atom is 0.304 e. The number of hydrogen-bond acceptors (Lipinski definition) is 1. The van der Waals surface area contributed by atoms with Gasteiger partial charge in [-0.25, -0.2) is 0 Å². The van der Waals surface area contributed by atoms with E-state index in [0.29, 0.717) is 0 Å². The minimum atomic E-state index is -0.777. The second-order valence-electron chi connectivity index (χ2n) is 6.45. The number of nitrogens with one attached hydrogen (secondary N) is 1. The lowest BCUT2D eigenvalue weighted by Gasteiger charge is -2.18. The number of aryl methyl sites for hydroxylation is 3. The van der Waals surface area contributed by atoms with Crippen LogP contribution in [0, 0.1) is 13.8 Å². The molecule has 0 saturated carbocycles. The molecule has 0 aliphatic rings. The van der Waals surface area contributed by atoms with E-state index in [-0.39, 0.29) is 12.3 Å². The Kier molecular flexibility index (Phi) is 4.43. The summed E-state index contributed by atoms with van der Waals surface area (Å²) in [4.78, 5) is 14.9. The Hall–Kier alpha value is -2.55. The lowest BCUT2D eigenvalue weighted by molar-refractivity contribution is -0.137. The van der Waals surface area contributed by atoms with Gasteiger partial charge in [0.1, 0.15) is 0 Å². The summed E-state index contributed by atoms with van der Waals surface area (Å²) >= 11 is 0. The highest BCUT2D eigenvalue weighted by Crippen LogP contribution is 2.36. The molecule has 0 bridgehead atoms. The van der Waals surface area contributed by atoms with Crippen LogP contribution in [0.25, 0.3) is 10.9 Å². The molecule has 24 heavy (non-hydrogen) atoms. The first-order valence-electron chi connectivity index (χ1n) is 8.39. The summed E-state index contributed by atoms with van der Waals surface area (Å²) < 4.78 is 0. The molecule has 1 aromatic heterocycles. The second kappa shape index (κ2) is 6.52. The molecule has 2 aromatic carbocycles. The lowest BCUT2D eigenvalue weighted by Crippen LogP contribution is -2.09. The third kappa shape index (κ3) is 2.94. The number of aromatic amines is 1. The first-order chi connectivity index (χ1) is 11.5. The van der Waals surface area contributed by atoms with Crippen molar-refractivity contribution in [2.75, 3.05) is 0 Å². The maximum atomic E-state index is 11.5. The number of para-hydroxylation sites is 1. The Balaban J connectivity index is 2.18. The monoisotopic (exact) mass is 321 g/mol. The van der Waals surface area contributed by atoms with Crippen LogP contribution in [0.2, 0.25) is 0 Å². The molecule has 0 fully saturated rings. The van der Waals surface area contributed by atoms with Crippen LogP contribution < -0.4 is 0 Å². The number of H-pyrrole nitrogens is 1. The number of carboxylic acid groups (broad SMARTS) is 1. The van der Waals surface area contributed by atoms with Crippen molar-refractivity contribution in [3.63, 3.8) is 0 Å². The highest BCUT2D eigenvalue weighted by Gasteiger charge is 2.23. The minimum Gasteiger partial charge on any atom is -0.481 e. The molecule has 0 aliphatic heterocycles. The Morgan fingerprint density at radius 3 is 2.62 bits per heavy atom. The first-order valence-corrected chi connectivity index (χ1v) is 8.39. The van der Waals surface area contributed by atoms with Crippen LogP contribution in [0.3, 0.4) is 0 Å². The summed E-state index contributed by atoms with van der Waals surface area (Å²) in [5, 5.41) is 10.6.